The van der Waals surface area contributed by atoms with Gasteiger partial charge in [-0.1, -0.05) is 0 Å². The molecule has 0 bridgehead atoms. The van der Waals surface area contributed by atoms with E-state index in [0.717, 1.165) is 49.0 Å². The van der Waals surface area contributed by atoms with Crippen molar-refractivity contribution in [3.05, 3.63) is 29.1 Å². The van der Waals surface area contributed by atoms with Crippen LogP contribution in [0.15, 0.2) is 17.1 Å². The molecule has 1 aromatic carbocycles. The number of nitrogens with zero attached hydrogens (tertiary/aromatic N) is 2. The van der Waals surface area contributed by atoms with Gasteiger partial charge in [-0.15, -0.1) is 24.0 Å². The third kappa shape index (κ3) is 5.43. The van der Waals surface area contributed by atoms with Crippen LogP contribution in [0.2, 0.25) is 0 Å². The van der Waals surface area contributed by atoms with Gasteiger partial charge in [0.1, 0.15) is 11.6 Å². The lowest BCUT2D eigenvalue weighted by atomic mass is 10.1. The van der Waals surface area contributed by atoms with Crippen LogP contribution in [-0.2, 0) is 22.5 Å². The Bertz CT molecular complexity index is 624. The Hall–Kier alpha value is -1.13. The van der Waals surface area contributed by atoms with Gasteiger partial charge in [0.25, 0.3) is 0 Å². The summed E-state index contributed by atoms with van der Waals surface area (Å²) < 4.78 is 30.0. The first kappa shape index (κ1) is 21.2. The molecule has 0 amide bonds. The quantitative estimate of drug-likeness (QED) is 0.400. The smallest absolute Gasteiger partial charge is 0.193 e. The fourth-order valence-electron chi connectivity index (χ4n) is 3.34. The Morgan fingerprint density at radius 1 is 1.38 bits per heavy atom. The lowest BCUT2D eigenvalue weighted by Crippen LogP contribution is -2.42. The zero-order chi connectivity index (χ0) is 17.6. The highest BCUT2D eigenvalue weighted by Crippen LogP contribution is 2.29. The van der Waals surface area contributed by atoms with Crippen LogP contribution in [-0.4, -0.2) is 58.1 Å². The summed E-state index contributed by atoms with van der Waals surface area (Å²) >= 11 is 0. The van der Waals surface area contributed by atoms with Gasteiger partial charge in [-0.25, -0.2) is 4.39 Å². The van der Waals surface area contributed by atoms with Crippen molar-refractivity contribution in [1.82, 2.24) is 10.2 Å². The van der Waals surface area contributed by atoms with E-state index in [1.807, 2.05) is 7.05 Å². The molecular weight excluding hydrogens is 452 g/mol. The predicted molar refractivity (Wildman–Crippen MR) is 109 cm³/mol. The molecule has 0 spiro atoms. The van der Waals surface area contributed by atoms with Gasteiger partial charge in [0, 0.05) is 45.3 Å². The van der Waals surface area contributed by atoms with Crippen molar-refractivity contribution in [2.75, 3.05) is 47.2 Å². The number of hydrogen-bond donors (Lipinski definition) is 1. The molecule has 1 saturated heterocycles. The SMILES string of the molecule is CN=C(NCCc1cc(F)cc2c1OCOC2)N(C)CC1CCOC1.I. The highest BCUT2D eigenvalue weighted by atomic mass is 127. The molecule has 1 fully saturated rings. The van der Waals surface area contributed by atoms with Crippen LogP contribution < -0.4 is 10.1 Å². The summed E-state index contributed by atoms with van der Waals surface area (Å²) in [7, 11) is 3.80. The molecule has 0 aliphatic carbocycles. The van der Waals surface area contributed by atoms with Gasteiger partial charge >= 0.3 is 0 Å². The Morgan fingerprint density at radius 2 is 2.23 bits per heavy atom. The van der Waals surface area contributed by atoms with Crippen LogP contribution in [0.4, 0.5) is 4.39 Å². The topological polar surface area (TPSA) is 55.3 Å². The molecule has 0 aromatic heterocycles. The van der Waals surface area contributed by atoms with E-state index in [0.29, 0.717) is 25.5 Å². The van der Waals surface area contributed by atoms with Gasteiger partial charge in [0.2, 0.25) is 0 Å². The number of hydrogen-bond acceptors (Lipinski definition) is 4. The van der Waals surface area contributed by atoms with Crippen molar-refractivity contribution in [2.24, 2.45) is 10.9 Å². The van der Waals surface area contributed by atoms with Gasteiger partial charge in [-0.2, -0.15) is 0 Å². The molecule has 6 nitrogen and oxygen atoms in total. The number of halogens is 2. The number of rotatable bonds is 5. The first-order valence-electron chi connectivity index (χ1n) is 8.68. The maximum absolute atomic E-state index is 13.8. The molecule has 1 N–H and O–H groups in total. The molecule has 146 valence electrons. The number of guanidine groups is 1. The van der Waals surface area contributed by atoms with E-state index in [-0.39, 0.29) is 36.6 Å². The molecule has 0 radical (unpaired) electrons. The summed E-state index contributed by atoms with van der Waals surface area (Å²) in [5.41, 5.74) is 1.62. The van der Waals surface area contributed by atoms with Gasteiger partial charge < -0.3 is 24.4 Å². The third-order valence-electron chi connectivity index (χ3n) is 4.56. The summed E-state index contributed by atoms with van der Waals surface area (Å²) in [6, 6.07) is 3.01. The number of aliphatic imine (C=N–C) groups is 1. The van der Waals surface area contributed by atoms with Crippen LogP contribution >= 0.6 is 24.0 Å². The highest BCUT2D eigenvalue weighted by molar-refractivity contribution is 14.0. The Balaban J connectivity index is 0.00000243. The van der Waals surface area contributed by atoms with E-state index in [2.05, 4.69) is 15.2 Å². The summed E-state index contributed by atoms with van der Waals surface area (Å²) in [4.78, 5) is 6.45. The summed E-state index contributed by atoms with van der Waals surface area (Å²) in [5.74, 6) is 1.88. The lowest BCUT2D eigenvalue weighted by Gasteiger charge is -2.25. The second-order valence-corrected chi connectivity index (χ2v) is 6.50. The fourth-order valence-corrected chi connectivity index (χ4v) is 3.34. The number of fused-ring (bicyclic) bond motifs is 1. The monoisotopic (exact) mass is 479 g/mol. The largest absolute Gasteiger partial charge is 0.467 e. The van der Waals surface area contributed by atoms with Crippen LogP contribution in [0.25, 0.3) is 0 Å². The van der Waals surface area contributed by atoms with Gasteiger partial charge in [-0.05, 0) is 30.5 Å². The number of benzene rings is 1. The van der Waals surface area contributed by atoms with Gasteiger partial charge in [-0.3, -0.25) is 4.99 Å². The van der Waals surface area contributed by atoms with Gasteiger partial charge in [0.15, 0.2) is 12.8 Å². The lowest BCUT2D eigenvalue weighted by molar-refractivity contribution is -0.0172. The minimum atomic E-state index is -0.259. The number of nitrogens with one attached hydrogen (secondary N) is 1. The average Bonchev–Trinajstić information content (AvgIpc) is 3.11. The predicted octanol–water partition coefficient (Wildman–Crippen LogP) is 2.40. The summed E-state index contributed by atoms with van der Waals surface area (Å²) in [5, 5.41) is 3.34. The Kier molecular flexibility index (Phi) is 8.36. The third-order valence-corrected chi connectivity index (χ3v) is 4.56. The van der Waals surface area contributed by atoms with E-state index in [1.54, 1.807) is 7.05 Å². The second-order valence-electron chi connectivity index (χ2n) is 6.50. The van der Waals surface area contributed by atoms with E-state index < -0.39 is 0 Å². The molecule has 2 heterocycles. The van der Waals surface area contributed by atoms with Crippen molar-refractivity contribution in [3.63, 3.8) is 0 Å². The number of ether oxygens (including phenoxy) is 3. The fraction of sp³-hybridized carbons (Fsp3) is 0.611. The molecule has 2 aliphatic heterocycles. The molecule has 1 atom stereocenters. The average molecular weight is 479 g/mol. The Labute approximate surface area is 171 Å². The van der Waals surface area contributed by atoms with Crippen molar-refractivity contribution in [2.45, 2.75) is 19.4 Å². The van der Waals surface area contributed by atoms with Crippen molar-refractivity contribution in [1.29, 1.82) is 0 Å². The molecule has 3 rings (SSSR count). The zero-order valence-corrected chi connectivity index (χ0v) is 17.6. The first-order chi connectivity index (χ1) is 12.2. The van der Waals surface area contributed by atoms with E-state index in [9.17, 15) is 4.39 Å². The molecular formula is C18H27FIN3O3. The van der Waals surface area contributed by atoms with E-state index in [1.165, 1.54) is 12.1 Å². The van der Waals surface area contributed by atoms with Crippen LogP contribution in [0.3, 0.4) is 0 Å². The molecule has 8 heteroatoms. The summed E-state index contributed by atoms with van der Waals surface area (Å²) in [6.07, 6.45) is 1.75. The summed E-state index contributed by atoms with van der Waals surface area (Å²) in [6.45, 7) is 3.83. The molecule has 2 aliphatic rings. The van der Waals surface area contributed by atoms with Crippen molar-refractivity contribution in [3.8, 4) is 5.75 Å². The maximum Gasteiger partial charge on any atom is 0.193 e. The maximum atomic E-state index is 13.8. The first-order valence-corrected chi connectivity index (χ1v) is 8.68. The van der Waals surface area contributed by atoms with Crippen LogP contribution in [0.5, 0.6) is 5.75 Å². The van der Waals surface area contributed by atoms with Gasteiger partial charge in [0.05, 0.1) is 13.2 Å². The van der Waals surface area contributed by atoms with Crippen molar-refractivity contribution < 1.29 is 18.6 Å². The Morgan fingerprint density at radius 3 is 2.96 bits per heavy atom. The molecule has 1 unspecified atom stereocenters. The normalized spacial score (nSPS) is 19.3. The highest BCUT2D eigenvalue weighted by Gasteiger charge is 2.20. The second kappa shape index (κ2) is 10.3. The van der Waals surface area contributed by atoms with E-state index >= 15 is 0 Å². The molecule has 26 heavy (non-hydrogen) atoms. The van der Waals surface area contributed by atoms with E-state index in [4.69, 9.17) is 14.2 Å². The zero-order valence-electron chi connectivity index (χ0n) is 15.3. The molecule has 0 saturated carbocycles. The minimum absolute atomic E-state index is 0. The van der Waals surface area contributed by atoms with Crippen LogP contribution in [0.1, 0.15) is 17.5 Å². The standard InChI is InChI=1S/C18H26FN3O3.HI/c1-20-18(22(2)9-13-4-6-23-10-13)21-5-3-14-7-16(19)8-15-11-24-12-25-17(14)15;/h7-8,13H,3-6,9-12H2,1-2H3,(H,20,21);1H. The van der Waals surface area contributed by atoms with Crippen LogP contribution in [0, 0.1) is 11.7 Å². The molecule has 1 aromatic rings. The minimum Gasteiger partial charge on any atom is -0.467 e. The van der Waals surface area contributed by atoms with Crippen molar-refractivity contribution >= 4 is 29.9 Å².